The molecule has 6 nitrogen and oxygen atoms in total. The second-order valence-electron chi connectivity index (χ2n) is 9.89. The van der Waals surface area contributed by atoms with E-state index in [2.05, 4.69) is 34.6 Å². The number of carbonyl (C=O) groups is 1. The van der Waals surface area contributed by atoms with Crippen LogP contribution in [0.5, 0.6) is 5.75 Å². The molecule has 190 valence electrons. The molecule has 0 saturated heterocycles. The molecule has 6 heteroatoms. The molecule has 0 spiro atoms. The number of benzene rings is 2. The van der Waals surface area contributed by atoms with Gasteiger partial charge in [0.25, 0.3) is 0 Å². The number of carbonyl (C=O) groups excluding carboxylic acids is 1. The summed E-state index contributed by atoms with van der Waals surface area (Å²) < 4.78 is 5.56. The van der Waals surface area contributed by atoms with E-state index in [9.17, 15) is 4.79 Å². The molecule has 37 heavy (non-hydrogen) atoms. The lowest BCUT2D eigenvalue weighted by Gasteiger charge is -2.28. The summed E-state index contributed by atoms with van der Waals surface area (Å²) in [4.78, 5) is 22.7. The van der Waals surface area contributed by atoms with Crippen LogP contribution in [0.1, 0.15) is 43.0 Å². The van der Waals surface area contributed by atoms with Crippen LogP contribution in [0.4, 0.5) is 0 Å². The average molecular weight is 495 g/mol. The fourth-order valence-corrected chi connectivity index (χ4v) is 5.40. The van der Waals surface area contributed by atoms with E-state index in [4.69, 9.17) is 15.5 Å². The van der Waals surface area contributed by atoms with E-state index in [1.165, 1.54) is 0 Å². The van der Waals surface area contributed by atoms with Gasteiger partial charge in [0, 0.05) is 29.3 Å². The number of fused-ring (bicyclic) bond motifs is 1. The van der Waals surface area contributed by atoms with Crippen molar-refractivity contribution in [2.75, 3.05) is 13.7 Å². The van der Waals surface area contributed by atoms with E-state index in [1.54, 1.807) is 13.3 Å². The maximum absolute atomic E-state index is 13.4. The minimum atomic E-state index is -0.237. The molecular weight excluding hydrogens is 460 g/mol. The maximum Gasteiger partial charge on any atom is 0.223 e. The number of rotatable bonds is 8. The second-order valence-corrected chi connectivity index (χ2v) is 9.89. The smallest absolute Gasteiger partial charge is 0.223 e. The Kier molecular flexibility index (Phi) is 7.76. The van der Waals surface area contributed by atoms with E-state index >= 15 is 0 Å². The molecule has 2 aromatic carbocycles. The van der Waals surface area contributed by atoms with Gasteiger partial charge in [0.2, 0.25) is 5.91 Å². The highest BCUT2D eigenvalue weighted by molar-refractivity contribution is 5.96. The van der Waals surface area contributed by atoms with E-state index in [0.29, 0.717) is 18.9 Å². The molecule has 1 fully saturated rings. The third kappa shape index (κ3) is 5.65. The monoisotopic (exact) mass is 494 g/mol. The van der Waals surface area contributed by atoms with Crippen molar-refractivity contribution >= 4 is 16.8 Å². The average Bonchev–Trinajstić information content (AvgIpc) is 2.96. The van der Waals surface area contributed by atoms with Crippen molar-refractivity contribution in [3.8, 4) is 16.9 Å². The zero-order chi connectivity index (χ0) is 25.6. The Morgan fingerprint density at radius 2 is 1.78 bits per heavy atom. The normalized spacial score (nSPS) is 18.3. The third-order valence-electron chi connectivity index (χ3n) is 7.55. The van der Waals surface area contributed by atoms with Crippen LogP contribution in [0, 0.1) is 11.8 Å². The van der Waals surface area contributed by atoms with Crippen LogP contribution in [0.25, 0.3) is 22.0 Å². The third-order valence-corrected chi connectivity index (χ3v) is 7.55. The summed E-state index contributed by atoms with van der Waals surface area (Å²) in [6.45, 7) is 0.705. The van der Waals surface area contributed by atoms with Gasteiger partial charge in [-0.2, -0.15) is 0 Å². The minimum absolute atomic E-state index is 0.0268. The first kappa shape index (κ1) is 24.9. The number of pyridine rings is 2. The molecule has 1 aliphatic rings. The lowest BCUT2D eigenvalue weighted by atomic mass is 9.81. The standard InChI is InChI=1S/C31H34N4O2/c1-37-29-15-17-34-30-25(8-5-9-26(29)30)24-14-16-33-27(19-24)28(18-21-6-3-2-4-7-21)35-31(36)23-12-10-22(20-32)11-13-23/h2-9,14-17,19,22-23,28H,10-13,18,20,32H2,1H3,(H,35,36). The van der Waals surface area contributed by atoms with Gasteiger partial charge in [-0.15, -0.1) is 0 Å². The summed E-state index contributed by atoms with van der Waals surface area (Å²) in [7, 11) is 1.67. The topological polar surface area (TPSA) is 90.1 Å². The molecule has 0 radical (unpaired) electrons. The van der Waals surface area contributed by atoms with Gasteiger partial charge in [0.1, 0.15) is 5.75 Å². The Bertz CT molecular complexity index is 1350. The number of methoxy groups -OCH3 is 1. The van der Waals surface area contributed by atoms with Crippen LogP contribution in [0.15, 0.2) is 79.1 Å². The quantitative estimate of drug-likeness (QED) is 0.339. The number of nitrogens with two attached hydrogens (primary N) is 1. The Balaban J connectivity index is 1.46. The fourth-order valence-electron chi connectivity index (χ4n) is 5.40. The number of para-hydroxylation sites is 1. The lowest BCUT2D eigenvalue weighted by molar-refractivity contribution is -0.127. The molecule has 5 rings (SSSR count). The number of nitrogens with zero attached hydrogens (tertiary/aromatic N) is 2. The summed E-state index contributed by atoms with van der Waals surface area (Å²) in [5, 5.41) is 4.31. The minimum Gasteiger partial charge on any atom is -0.496 e. The molecule has 1 aliphatic carbocycles. The summed E-state index contributed by atoms with van der Waals surface area (Å²) in [5.41, 5.74) is 10.7. The highest BCUT2D eigenvalue weighted by atomic mass is 16.5. The predicted molar refractivity (Wildman–Crippen MR) is 147 cm³/mol. The van der Waals surface area contributed by atoms with E-state index in [0.717, 1.165) is 64.7 Å². The van der Waals surface area contributed by atoms with Crippen LogP contribution in [-0.4, -0.2) is 29.5 Å². The van der Waals surface area contributed by atoms with Crippen molar-refractivity contribution in [3.63, 3.8) is 0 Å². The van der Waals surface area contributed by atoms with Gasteiger partial charge in [0.05, 0.1) is 24.4 Å². The van der Waals surface area contributed by atoms with Gasteiger partial charge in [-0.25, -0.2) is 0 Å². The highest BCUT2D eigenvalue weighted by Gasteiger charge is 2.28. The molecule has 0 bridgehead atoms. The molecule has 1 atom stereocenters. The molecular formula is C31H34N4O2. The van der Waals surface area contributed by atoms with Gasteiger partial charge in [-0.3, -0.25) is 14.8 Å². The Morgan fingerprint density at radius 3 is 2.54 bits per heavy atom. The van der Waals surface area contributed by atoms with Gasteiger partial charge in [0.15, 0.2) is 0 Å². The van der Waals surface area contributed by atoms with E-state index in [1.807, 2.05) is 48.7 Å². The van der Waals surface area contributed by atoms with Gasteiger partial charge in [-0.1, -0.05) is 42.5 Å². The number of aromatic nitrogens is 2. The number of ether oxygens (including phenoxy) is 1. The number of nitrogens with one attached hydrogen (secondary N) is 1. The molecule has 1 amide bonds. The van der Waals surface area contributed by atoms with Crippen LogP contribution < -0.4 is 15.8 Å². The predicted octanol–water partition coefficient (Wildman–Crippen LogP) is 5.47. The van der Waals surface area contributed by atoms with Crippen LogP contribution >= 0.6 is 0 Å². The van der Waals surface area contributed by atoms with E-state index < -0.39 is 0 Å². The van der Waals surface area contributed by atoms with Crippen molar-refractivity contribution in [2.24, 2.45) is 17.6 Å². The number of hydrogen-bond acceptors (Lipinski definition) is 5. The van der Waals surface area contributed by atoms with Gasteiger partial charge in [-0.05, 0) is 80.0 Å². The molecule has 2 aromatic heterocycles. The van der Waals surface area contributed by atoms with Crippen molar-refractivity contribution in [3.05, 3.63) is 90.4 Å². The first-order chi connectivity index (χ1) is 18.2. The Hall–Kier alpha value is -3.77. The molecule has 2 heterocycles. The largest absolute Gasteiger partial charge is 0.496 e. The molecule has 1 unspecified atom stereocenters. The van der Waals surface area contributed by atoms with Gasteiger partial charge < -0.3 is 15.8 Å². The first-order valence-corrected chi connectivity index (χ1v) is 13.1. The summed E-state index contributed by atoms with van der Waals surface area (Å²) in [6, 6.07) is 22.1. The summed E-state index contributed by atoms with van der Waals surface area (Å²) in [5.74, 6) is 1.47. The summed E-state index contributed by atoms with van der Waals surface area (Å²) in [6.07, 6.45) is 8.07. The van der Waals surface area contributed by atoms with Crippen LogP contribution in [0.2, 0.25) is 0 Å². The summed E-state index contributed by atoms with van der Waals surface area (Å²) >= 11 is 0. The molecule has 4 aromatic rings. The number of hydrogen-bond donors (Lipinski definition) is 2. The highest BCUT2D eigenvalue weighted by Crippen LogP contribution is 2.33. The Morgan fingerprint density at radius 1 is 1.00 bits per heavy atom. The zero-order valence-corrected chi connectivity index (χ0v) is 21.3. The van der Waals surface area contributed by atoms with E-state index in [-0.39, 0.29) is 17.9 Å². The van der Waals surface area contributed by atoms with Gasteiger partial charge >= 0.3 is 0 Å². The zero-order valence-electron chi connectivity index (χ0n) is 21.3. The van der Waals surface area contributed by atoms with Crippen molar-refractivity contribution in [1.29, 1.82) is 0 Å². The fraction of sp³-hybridized carbons (Fsp3) is 0.323. The SMILES string of the molecule is COc1ccnc2c(-c3ccnc(C(Cc4ccccc4)NC(=O)C4CCC(CN)CC4)c3)cccc12. The first-order valence-electron chi connectivity index (χ1n) is 13.1. The van der Waals surface area contributed by atoms with Crippen molar-refractivity contribution in [1.82, 2.24) is 15.3 Å². The Labute approximate surface area is 218 Å². The van der Waals surface area contributed by atoms with Crippen LogP contribution in [0.3, 0.4) is 0 Å². The molecule has 1 saturated carbocycles. The second kappa shape index (κ2) is 11.5. The molecule has 0 aliphatic heterocycles. The van der Waals surface area contributed by atoms with Crippen LogP contribution in [-0.2, 0) is 11.2 Å². The maximum atomic E-state index is 13.4. The lowest BCUT2D eigenvalue weighted by Crippen LogP contribution is -2.37. The van der Waals surface area contributed by atoms with Crippen molar-refractivity contribution in [2.45, 2.75) is 38.1 Å². The number of amides is 1. The van der Waals surface area contributed by atoms with Crippen molar-refractivity contribution < 1.29 is 9.53 Å². The molecule has 3 N–H and O–H groups in total.